The fourth-order valence-electron chi connectivity index (χ4n) is 1.19. The maximum absolute atomic E-state index is 12.4. The van der Waals surface area contributed by atoms with Crippen LogP contribution in [0.2, 0.25) is 0 Å². The van der Waals surface area contributed by atoms with Gasteiger partial charge in [-0.3, -0.25) is 4.79 Å². The van der Waals surface area contributed by atoms with E-state index >= 15 is 0 Å². The molecule has 1 unspecified atom stereocenters. The quantitative estimate of drug-likeness (QED) is 0.722. The number of hydrogen-bond acceptors (Lipinski definition) is 3. The Kier molecular flexibility index (Phi) is 3.96. The molecule has 88 valence electrons. The van der Waals surface area contributed by atoms with Gasteiger partial charge < -0.3 is 10.1 Å². The molecule has 0 spiro atoms. The van der Waals surface area contributed by atoms with Gasteiger partial charge in [-0.25, -0.2) is 0 Å². The molecule has 0 aromatic heterocycles. The Morgan fingerprint density at radius 1 is 1.53 bits per heavy atom. The first kappa shape index (κ1) is 12.3. The highest BCUT2D eigenvalue weighted by Crippen LogP contribution is 2.27. The maximum atomic E-state index is 12.4. The lowest BCUT2D eigenvalue weighted by atomic mass is 10.2. The summed E-state index contributed by atoms with van der Waals surface area (Å²) in [5.74, 6) is -0.812. The molecule has 6 heteroatoms. The van der Waals surface area contributed by atoms with Crippen molar-refractivity contribution in [3.8, 4) is 0 Å². The highest BCUT2D eigenvalue weighted by Gasteiger charge is 2.43. The zero-order chi connectivity index (χ0) is 11.5. The highest BCUT2D eigenvalue weighted by atomic mass is 19.4. The van der Waals surface area contributed by atoms with Crippen molar-refractivity contribution >= 4 is 5.97 Å². The Bertz CT molecular complexity index is 226. The van der Waals surface area contributed by atoms with Gasteiger partial charge in [-0.15, -0.1) is 0 Å². The number of rotatable bonds is 5. The van der Waals surface area contributed by atoms with Crippen LogP contribution in [-0.2, 0) is 9.53 Å². The third-order valence-corrected chi connectivity index (χ3v) is 2.09. The van der Waals surface area contributed by atoms with E-state index in [0.29, 0.717) is 0 Å². The number of hydrogen-bond donors (Lipinski definition) is 1. The molecule has 0 aliphatic heterocycles. The summed E-state index contributed by atoms with van der Waals surface area (Å²) in [5.41, 5.74) is 0. The molecule has 0 saturated heterocycles. The fourth-order valence-corrected chi connectivity index (χ4v) is 1.19. The molecule has 0 aromatic rings. The third kappa shape index (κ3) is 4.51. The lowest BCUT2D eigenvalue weighted by molar-refractivity contribution is -0.169. The van der Waals surface area contributed by atoms with Gasteiger partial charge in [0.2, 0.25) is 0 Å². The average Bonchev–Trinajstić information content (AvgIpc) is 2.85. The summed E-state index contributed by atoms with van der Waals surface area (Å²) in [5, 5.41) is 2.39. The summed E-state index contributed by atoms with van der Waals surface area (Å²) in [6, 6.07) is -1.87. The monoisotopic (exact) mass is 225 g/mol. The summed E-state index contributed by atoms with van der Waals surface area (Å²) in [7, 11) is 0. The first-order valence-electron chi connectivity index (χ1n) is 4.92. The van der Waals surface area contributed by atoms with Crippen LogP contribution >= 0.6 is 0 Å². The van der Waals surface area contributed by atoms with Crippen LogP contribution in [0.25, 0.3) is 0 Å². The molecule has 1 atom stereocenters. The standard InChI is InChI=1S/C9H14F3NO2/c1-2-15-8(14)5-7(9(10,11)12)13-6-3-4-6/h6-7,13H,2-5H2,1H3. The smallest absolute Gasteiger partial charge is 0.404 e. The zero-order valence-electron chi connectivity index (χ0n) is 8.43. The van der Waals surface area contributed by atoms with E-state index in [2.05, 4.69) is 10.1 Å². The molecule has 1 N–H and O–H groups in total. The van der Waals surface area contributed by atoms with Crippen molar-refractivity contribution in [1.82, 2.24) is 5.32 Å². The first-order valence-corrected chi connectivity index (χ1v) is 4.92. The van der Waals surface area contributed by atoms with Crippen molar-refractivity contribution in [2.45, 2.75) is 44.4 Å². The first-order chi connectivity index (χ1) is 6.93. The van der Waals surface area contributed by atoms with Gasteiger partial charge in [0.1, 0.15) is 6.04 Å². The number of carbonyl (C=O) groups is 1. The summed E-state index contributed by atoms with van der Waals surface area (Å²) < 4.78 is 41.8. The Labute approximate surface area is 86.0 Å². The van der Waals surface area contributed by atoms with Gasteiger partial charge in [-0.05, 0) is 19.8 Å². The average molecular weight is 225 g/mol. The van der Waals surface area contributed by atoms with Gasteiger partial charge >= 0.3 is 12.1 Å². The van der Waals surface area contributed by atoms with E-state index in [1.54, 1.807) is 6.92 Å². The van der Waals surface area contributed by atoms with Crippen LogP contribution < -0.4 is 5.32 Å². The third-order valence-electron chi connectivity index (χ3n) is 2.09. The zero-order valence-corrected chi connectivity index (χ0v) is 8.43. The summed E-state index contributed by atoms with van der Waals surface area (Å²) in [6.45, 7) is 1.67. The number of nitrogens with one attached hydrogen (secondary N) is 1. The van der Waals surface area contributed by atoms with E-state index in [1.165, 1.54) is 0 Å². The van der Waals surface area contributed by atoms with Gasteiger partial charge in [0, 0.05) is 6.04 Å². The molecule has 1 fully saturated rings. The van der Waals surface area contributed by atoms with E-state index in [1.807, 2.05) is 0 Å². The van der Waals surface area contributed by atoms with Crippen LogP contribution in [-0.4, -0.2) is 30.8 Å². The lowest BCUT2D eigenvalue weighted by Crippen LogP contribution is -2.45. The summed E-state index contributed by atoms with van der Waals surface area (Å²) in [4.78, 5) is 10.9. The van der Waals surface area contributed by atoms with Crippen LogP contribution in [0.5, 0.6) is 0 Å². The molecule has 1 rings (SSSR count). The molecule has 0 bridgehead atoms. The lowest BCUT2D eigenvalue weighted by Gasteiger charge is -2.20. The van der Waals surface area contributed by atoms with Gasteiger partial charge in [-0.1, -0.05) is 0 Å². The van der Waals surface area contributed by atoms with Crippen molar-refractivity contribution in [1.29, 1.82) is 0 Å². The molecule has 1 aliphatic rings. The van der Waals surface area contributed by atoms with Crippen LogP contribution in [0.3, 0.4) is 0 Å². The van der Waals surface area contributed by atoms with Gasteiger partial charge in [-0.2, -0.15) is 13.2 Å². The van der Waals surface area contributed by atoms with Crippen LogP contribution in [0, 0.1) is 0 Å². The Morgan fingerprint density at radius 3 is 2.53 bits per heavy atom. The van der Waals surface area contributed by atoms with Crippen molar-refractivity contribution in [2.75, 3.05) is 6.61 Å². The second-order valence-corrected chi connectivity index (χ2v) is 3.54. The molecular weight excluding hydrogens is 211 g/mol. The highest BCUT2D eigenvalue weighted by molar-refractivity contribution is 5.70. The van der Waals surface area contributed by atoms with Crippen LogP contribution in [0.1, 0.15) is 26.2 Å². The number of halogens is 3. The number of carbonyl (C=O) groups excluding carboxylic acids is 1. The SMILES string of the molecule is CCOC(=O)CC(NC1CC1)C(F)(F)F. The largest absolute Gasteiger partial charge is 0.466 e. The predicted molar refractivity (Wildman–Crippen MR) is 47.3 cm³/mol. The molecule has 1 aliphatic carbocycles. The summed E-state index contributed by atoms with van der Waals surface area (Å²) in [6.07, 6.45) is -3.55. The van der Waals surface area contributed by atoms with Crippen LogP contribution in [0.15, 0.2) is 0 Å². The van der Waals surface area contributed by atoms with E-state index in [-0.39, 0.29) is 12.6 Å². The minimum atomic E-state index is -4.39. The van der Waals surface area contributed by atoms with Gasteiger partial charge in [0.05, 0.1) is 13.0 Å². The second kappa shape index (κ2) is 4.83. The molecule has 0 heterocycles. The Morgan fingerprint density at radius 2 is 2.13 bits per heavy atom. The fraction of sp³-hybridized carbons (Fsp3) is 0.889. The van der Waals surface area contributed by atoms with E-state index in [0.717, 1.165) is 12.8 Å². The predicted octanol–water partition coefficient (Wildman–Crippen LogP) is 1.62. The molecule has 0 aromatic carbocycles. The van der Waals surface area contributed by atoms with Crippen molar-refractivity contribution in [3.05, 3.63) is 0 Å². The topological polar surface area (TPSA) is 38.3 Å². The number of alkyl halides is 3. The molecular formula is C9H14F3NO2. The van der Waals surface area contributed by atoms with Crippen LogP contribution in [0.4, 0.5) is 13.2 Å². The maximum Gasteiger partial charge on any atom is 0.404 e. The molecule has 1 saturated carbocycles. The second-order valence-electron chi connectivity index (χ2n) is 3.54. The molecule has 3 nitrogen and oxygen atoms in total. The number of esters is 1. The van der Waals surface area contributed by atoms with E-state index in [4.69, 9.17) is 0 Å². The molecule has 15 heavy (non-hydrogen) atoms. The molecule has 0 amide bonds. The minimum absolute atomic E-state index is 0.0916. The van der Waals surface area contributed by atoms with Gasteiger partial charge in [0.15, 0.2) is 0 Å². The molecule has 0 radical (unpaired) electrons. The summed E-state index contributed by atoms with van der Waals surface area (Å²) >= 11 is 0. The van der Waals surface area contributed by atoms with Gasteiger partial charge in [0.25, 0.3) is 0 Å². The van der Waals surface area contributed by atoms with Crippen molar-refractivity contribution in [3.63, 3.8) is 0 Å². The number of ether oxygens (including phenoxy) is 1. The minimum Gasteiger partial charge on any atom is -0.466 e. The van der Waals surface area contributed by atoms with E-state index in [9.17, 15) is 18.0 Å². The van der Waals surface area contributed by atoms with E-state index < -0.39 is 24.6 Å². The van der Waals surface area contributed by atoms with Crippen molar-refractivity contribution in [2.24, 2.45) is 0 Å². The Balaban J connectivity index is 2.44. The Hall–Kier alpha value is -0.780. The normalized spacial score (nSPS) is 18.7. The van der Waals surface area contributed by atoms with Crippen molar-refractivity contribution < 1.29 is 22.7 Å².